The van der Waals surface area contributed by atoms with E-state index >= 15 is 0 Å². The molecule has 2 nitrogen and oxygen atoms in total. The molecule has 0 unspecified atom stereocenters. The summed E-state index contributed by atoms with van der Waals surface area (Å²) in [6.45, 7) is 3.87. The summed E-state index contributed by atoms with van der Waals surface area (Å²) < 4.78 is 42.6. The molecular weight excluding hydrogens is 231 g/mol. The molecule has 1 atom stereocenters. The van der Waals surface area contributed by atoms with Crippen LogP contribution in [0.15, 0.2) is 18.2 Å². The van der Waals surface area contributed by atoms with E-state index in [1.165, 1.54) is 6.07 Å². The van der Waals surface area contributed by atoms with Crippen molar-refractivity contribution in [3.63, 3.8) is 0 Å². The number of halogens is 3. The molecule has 0 amide bonds. The van der Waals surface area contributed by atoms with Crippen molar-refractivity contribution >= 4 is 5.69 Å². The quantitative estimate of drug-likeness (QED) is 0.820. The van der Waals surface area contributed by atoms with Crippen LogP contribution in [0.5, 0.6) is 5.75 Å². The smallest absolute Gasteiger partial charge is 0.416 e. The van der Waals surface area contributed by atoms with Gasteiger partial charge in [0.05, 0.1) is 17.4 Å². The topological polar surface area (TPSA) is 35.2 Å². The average Bonchev–Trinajstić information content (AvgIpc) is 2.20. The molecule has 0 fully saturated rings. The highest BCUT2D eigenvalue weighted by atomic mass is 19.4. The monoisotopic (exact) mass is 247 g/mol. The van der Waals surface area contributed by atoms with Crippen molar-refractivity contribution in [1.82, 2.24) is 0 Å². The molecule has 2 N–H and O–H groups in total. The molecular formula is C12H16F3NO. The Labute approximate surface area is 98.6 Å². The molecule has 17 heavy (non-hydrogen) atoms. The van der Waals surface area contributed by atoms with Crippen LogP contribution in [0.4, 0.5) is 18.9 Å². The first-order valence-corrected chi connectivity index (χ1v) is 5.48. The van der Waals surface area contributed by atoms with Crippen LogP contribution in [0.3, 0.4) is 0 Å². The van der Waals surface area contributed by atoms with Crippen LogP contribution in [0.2, 0.25) is 0 Å². The maximum Gasteiger partial charge on any atom is 0.416 e. The van der Waals surface area contributed by atoms with E-state index in [1.54, 1.807) is 0 Å². The number of rotatable bonds is 4. The third-order valence-electron chi connectivity index (χ3n) is 2.36. The Kier molecular flexibility index (Phi) is 4.26. The number of anilines is 1. The van der Waals surface area contributed by atoms with E-state index in [0.717, 1.165) is 25.0 Å². The molecule has 0 aliphatic heterocycles. The largest absolute Gasteiger partial charge is 0.489 e. The van der Waals surface area contributed by atoms with E-state index < -0.39 is 11.7 Å². The zero-order valence-corrected chi connectivity index (χ0v) is 9.84. The first kappa shape index (κ1) is 13.7. The summed E-state index contributed by atoms with van der Waals surface area (Å²) in [6.07, 6.45) is -2.65. The van der Waals surface area contributed by atoms with Crippen LogP contribution in [-0.4, -0.2) is 6.10 Å². The van der Waals surface area contributed by atoms with E-state index in [1.807, 2.05) is 13.8 Å². The van der Waals surface area contributed by atoms with E-state index in [-0.39, 0.29) is 11.8 Å². The Balaban J connectivity index is 2.83. The third-order valence-corrected chi connectivity index (χ3v) is 2.36. The van der Waals surface area contributed by atoms with Crippen LogP contribution < -0.4 is 10.5 Å². The number of benzene rings is 1. The van der Waals surface area contributed by atoms with Crippen LogP contribution in [0, 0.1) is 0 Å². The van der Waals surface area contributed by atoms with Crippen molar-refractivity contribution in [1.29, 1.82) is 0 Å². The number of hydrogen-bond donors (Lipinski definition) is 1. The molecule has 1 rings (SSSR count). The fourth-order valence-electron chi connectivity index (χ4n) is 1.51. The fourth-order valence-corrected chi connectivity index (χ4v) is 1.51. The van der Waals surface area contributed by atoms with Crippen LogP contribution in [0.25, 0.3) is 0 Å². The summed E-state index contributed by atoms with van der Waals surface area (Å²) >= 11 is 0. The first-order chi connectivity index (χ1) is 7.84. The summed E-state index contributed by atoms with van der Waals surface area (Å²) in [5.74, 6) is 0.305. The zero-order chi connectivity index (χ0) is 13.1. The Bertz CT molecular complexity index is 377. The molecule has 0 spiro atoms. The summed E-state index contributed by atoms with van der Waals surface area (Å²) in [5.41, 5.74) is 4.80. The van der Waals surface area contributed by atoms with Gasteiger partial charge in [0.25, 0.3) is 0 Å². The van der Waals surface area contributed by atoms with E-state index in [0.29, 0.717) is 5.75 Å². The van der Waals surface area contributed by atoms with Gasteiger partial charge in [0, 0.05) is 0 Å². The molecule has 0 saturated carbocycles. The highest BCUT2D eigenvalue weighted by Gasteiger charge is 2.31. The van der Waals surface area contributed by atoms with E-state index in [4.69, 9.17) is 10.5 Å². The van der Waals surface area contributed by atoms with E-state index in [2.05, 4.69) is 0 Å². The molecule has 0 heterocycles. The molecule has 0 radical (unpaired) electrons. The SMILES string of the molecule is CCC[C@@H](C)Oc1ccc(C(F)(F)F)cc1N. The predicted octanol–water partition coefficient (Wildman–Crippen LogP) is 3.86. The predicted molar refractivity (Wildman–Crippen MR) is 60.9 cm³/mol. The standard InChI is InChI=1S/C12H16F3NO/c1-3-4-8(2)17-11-6-5-9(7-10(11)16)12(13,14)15/h5-8H,3-4,16H2,1-2H3/t8-/m1/s1. The van der Waals surface area contributed by atoms with Gasteiger partial charge < -0.3 is 10.5 Å². The first-order valence-electron chi connectivity index (χ1n) is 5.48. The third kappa shape index (κ3) is 3.84. The molecule has 0 bridgehead atoms. The van der Waals surface area contributed by atoms with Gasteiger partial charge in [0.2, 0.25) is 0 Å². The van der Waals surface area contributed by atoms with Crippen molar-refractivity contribution in [2.75, 3.05) is 5.73 Å². The van der Waals surface area contributed by atoms with Crippen molar-refractivity contribution in [3.05, 3.63) is 23.8 Å². The van der Waals surface area contributed by atoms with Crippen molar-refractivity contribution in [2.24, 2.45) is 0 Å². The minimum absolute atomic E-state index is 0.0165. The summed E-state index contributed by atoms with van der Waals surface area (Å²) in [4.78, 5) is 0. The number of alkyl halides is 3. The number of nitrogen functional groups attached to an aromatic ring is 1. The van der Waals surface area contributed by atoms with Gasteiger partial charge in [-0.15, -0.1) is 0 Å². The second kappa shape index (κ2) is 5.29. The molecule has 0 aliphatic rings. The molecule has 0 aromatic heterocycles. The lowest BCUT2D eigenvalue weighted by molar-refractivity contribution is -0.137. The summed E-state index contributed by atoms with van der Waals surface area (Å²) in [5, 5.41) is 0. The minimum Gasteiger partial charge on any atom is -0.489 e. The average molecular weight is 247 g/mol. The maximum absolute atomic E-state index is 12.4. The minimum atomic E-state index is -4.37. The number of nitrogens with two attached hydrogens (primary N) is 1. The van der Waals surface area contributed by atoms with Crippen LogP contribution in [0.1, 0.15) is 32.3 Å². The Hall–Kier alpha value is -1.39. The van der Waals surface area contributed by atoms with Crippen LogP contribution >= 0.6 is 0 Å². The van der Waals surface area contributed by atoms with Gasteiger partial charge in [-0.25, -0.2) is 0 Å². The molecule has 96 valence electrons. The van der Waals surface area contributed by atoms with Gasteiger partial charge in [-0.05, 0) is 31.5 Å². The van der Waals surface area contributed by atoms with Gasteiger partial charge in [-0.2, -0.15) is 13.2 Å². The van der Waals surface area contributed by atoms with E-state index in [9.17, 15) is 13.2 Å². The highest BCUT2D eigenvalue weighted by molar-refractivity contribution is 5.54. The lowest BCUT2D eigenvalue weighted by Gasteiger charge is -2.16. The lowest BCUT2D eigenvalue weighted by Crippen LogP contribution is -2.13. The Morgan fingerprint density at radius 3 is 2.47 bits per heavy atom. The van der Waals surface area contributed by atoms with Gasteiger partial charge in [-0.1, -0.05) is 13.3 Å². The van der Waals surface area contributed by atoms with Crippen molar-refractivity contribution < 1.29 is 17.9 Å². The van der Waals surface area contributed by atoms with Crippen molar-refractivity contribution in [2.45, 2.75) is 39.0 Å². The lowest BCUT2D eigenvalue weighted by atomic mass is 10.1. The van der Waals surface area contributed by atoms with Gasteiger partial charge in [0.1, 0.15) is 5.75 Å². The van der Waals surface area contributed by atoms with Crippen molar-refractivity contribution in [3.8, 4) is 5.75 Å². The number of ether oxygens (including phenoxy) is 1. The molecule has 1 aromatic carbocycles. The van der Waals surface area contributed by atoms with Gasteiger partial charge in [-0.3, -0.25) is 0 Å². The molecule has 0 aliphatic carbocycles. The number of hydrogen-bond acceptors (Lipinski definition) is 2. The highest BCUT2D eigenvalue weighted by Crippen LogP contribution is 2.34. The second-order valence-electron chi connectivity index (χ2n) is 3.97. The maximum atomic E-state index is 12.4. The normalized spacial score (nSPS) is 13.5. The van der Waals surface area contributed by atoms with Crippen LogP contribution in [-0.2, 0) is 6.18 Å². The molecule has 1 aromatic rings. The zero-order valence-electron chi connectivity index (χ0n) is 9.84. The molecule has 0 saturated heterocycles. The summed E-state index contributed by atoms with van der Waals surface area (Å²) in [6, 6.07) is 3.14. The van der Waals surface area contributed by atoms with Gasteiger partial charge in [0.15, 0.2) is 0 Å². The summed E-state index contributed by atoms with van der Waals surface area (Å²) in [7, 11) is 0. The fraction of sp³-hybridized carbons (Fsp3) is 0.500. The second-order valence-corrected chi connectivity index (χ2v) is 3.97. The Morgan fingerprint density at radius 2 is 2.00 bits per heavy atom. The molecule has 5 heteroatoms. The van der Waals surface area contributed by atoms with Gasteiger partial charge >= 0.3 is 6.18 Å². The Morgan fingerprint density at radius 1 is 1.35 bits per heavy atom.